The molecule has 0 atom stereocenters. The molecule has 0 saturated carbocycles. The van der Waals surface area contributed by atoms with Crippen LogP contribution in [-0.2, 0) is 25.4 Å². The molecule has 0 bridgehead atoms. The number of aryl methyl sites for hydroxylation is 3. The van der Waals surface area contributed by atoms with Gasteiger partial charge in [-0.15, -0.1) is 0 Å². The minimum Gasteiger partial charge on any atom is -0.240 e. The van der Waals surface area contributed by atoms with Crippen molar-refractivity contribution in [3.8, 4) is 0 Å². The highest BCUT2D eigenvalue weighted by Crippen LogP contribution is 2.30. The van der Waals surface area contributed by atoms with Crippen LogP contribution in [0, 0.1) is 0 Å². The van der Waals surface area contributed by atoms with Crippen LogP contribution in [0.5, 0.6) is 0 Å². The highest BCUT2D eigenvalue weighted by Gasteiger charge is 2.30. The summed E-state index contributed by atoms with van der Waals surface area (Å²) in [7, 11) is 0. The van der Waals surface area contributed by atoms with E-state index in [1.807, 2.05) is 6.92 Å². The smallest absolute Gasteiger partial charge is 0.240 e. The Bertz CT molecular complexity index is 627. The lowest BCUT2D eigenvalue weighted by molar-refractivity contribution is -0.137. The van der Waals surface area contributed by atoms with Crippen LogP contribution in [0.15, 0.2) is 30.6 Å². The average Bonchev–Trinajstić information content (AvgIpc) is 2.45. The van der Waals surface area contributed by atoms with Crippen LogP contribution in [0.25, 0.3) is 0 Å². The van der Waals surface area contributed by atoms with Crippen molar-refractivity contribution < 1.29 is 13.2 Å². The molecular weight excluding hydrogens is 301 g/mol. The van der Waals surface area contributed by atoms with Gasteiger partial charge in [0.05, 0.1) is 22.0 Å². The zero-order chi connectivity index (χ0) is 15.5. The number of aromatic nitrogens is 2. The Labute approximate surface area is 126 Å². The van der Waals surface area contributed by atoms with Crippen LogP contribution in [-0.4, -0.2) is 9.97 Å². The maximum Gasteiger partial charge on any atom is 0.416 e. The van der Waals surface area contributed by atoms with Gasteiger partial charge in [-0.3, -0.25) is 0 Å². The van der Waals surface area contributed by atoms with E-state index in [4.69, 9.17) is 11.6 Å². The van der Waals surface area contributed by atoms with Gasteiger partial charge in [-0.2, -0.15) is 13.2 Å². The van der Waals surface area contributed by atoms with Gasteiger partial charge in [0.1, 0.15) is 6.33 Å². The molecule has 1 heterocycles. The first-order valence-corrected chi connectivity index (χ1v) is 6.94. The Hall–Kier alpha value is -1.62. The summed E-state index contributed by atoms with van der Waals surface area (Å²) in [6.45, 7) is 1.94. The fourth-order valence-electron chi connectivity index (χ4n) is 2.03. The summed E-state index contributed by atoms with van der Waals surface area (Å²) in [5, 5.41) is 0.506. The Kier molecular flexibility index (Phi) is 4.83. The van der Waals surface area contributed by atoms with Crippen molar-refractivity contribution in [2.45, 2.75) is 32.4 Å². The van der Waals surface area contributed by atoms with Crippen LogP contribution in [0.2, 0.25) is 5.02 Å². The summed E-state index contributed by atoms with van der Waals surface area (Å²) < 4.78 is 38.0. The normalized spacial score (nSPS) is 11.7. The zero-order valence-corrected chi connectivity index (χ0v) is 12.2. The fourth-order valence-corrected chi connectivity index (χ4v) is 2.36. The number of rotatable bonds is 4. The van der Waals surface area contributed by atoms with Gasteiger partial charge in [0, 0.05) is 0 Å². The predicted octanol–water partition coefficient (Wildman–Crippen LogP) is 4.50. The molecule has 0 amide bonds. The predicted molar refractivity (Wildman–Crippen MR) is 75.3 cm³/mol. The number of benzene rings is 1. The molecule has 0 unspecified atom stereocenters. The molecule has 0 N–H and O–H groups in total. The minimum atomic E-state index is -4.32. The van der Waals surface area contributed by atoms with Gasteiger partial charge in [0.25, 0.3) is 0 Å². The van der Waals surface area contributed by atoms with E-state index in [9.17, 15) is 13.2 Å². The second-order valence-corrected chi connectivity index (χ2v) is 5.01. The fraction of sp³-hybridized carbons (Fsp3) is 0.333. The molecule has 112 valence electrons. The van der Waals surface area contributed by atoms with Crippen LogP contribution in [0.4, 0.5) is 13.2 Å². The third-order valence-electron chi connectivity index (χ3n) is 3.17. The van der Waals surface area contributed by atoms with Crippen molar-refractivity contribution in [2.24, 2.45) is 0 Å². The Balaban J connectivity index is 2.14. The Morgan fingerprint density at radius 3 is 2.48 bits per heavy atom. The second-order valence-electron chi connectivity index (χ2n) is 4.63. The molecule has 1 aromatic carbocycles. The van der Waals surface area contributed by atoms with Crippen molar-refractivity contribution in [2.75, 3.05) is 0 Å². The van der Waals surface area contributed by atoms with Crippen LogP contribution in [0.3, 0.4) is 0 Å². The summed E-state index contributed by atoms with van der Waals surface area (Å²) in [6, 6.07) is 5.31. The lowest BCUT2D eigenvalue weighted by Gasteiger charge is -2.09. The average molecular weight is 315 g/mol. The Morgan fingerprint density at radius 2 is 1.81 bits per heavy atom. The van der Waals surface area contributed by atoms with E-state index >= 15 is 0 Å². The summed E-state index contributed by atoms with van der Waals surface area (Å²) in [6.07, 6.45) is -1.26. The quantitative estimate of drug-likeness (QED) is 0.830. The molecule has 0 aliphatic heterocycles. The molecule has 0 fully saturated rings. The Morgan fingerprint density at radius 1 is 1.10 bits per heavy atom. The lowest BCUT2D eigenvalue weighted by atomic mass is 10.0. The third kappa shape index (κ3) is 3.94. The van der Waals surface area contributed by atoms with Crippen molar-refractivity contribution in [1.82, 2.24) is 9.97 Å². The van der Waals surface area contributed by atoms with Gasteiger partial charge in [-0.05, 0) is 30.9 Å². The number of nitrogens with zero attached hydrogens (tertiary/aromatic N) is 2. The van der Waals surface area contributed by atoms with Gasteiger partial charge < -0.3 is 0 Å². The van der Waals surface area contributed by atoms with Crippen molar-refractivity contribution in [1.29, 1.82) is 0 Å². The molecule has 2 nitrogen and oxygen atoms in total. The SMILES string of the molecule is CCc1ncnc(CCc2cccc(C(F)(F)F)c2)c1Cl. The molecule has 0 spiro atoms. The maximum absolute atomic E-state index is 12.7. The number of hydrogen-bond donors (Lipinski definition) is 0. The summed E-state index contributed by atoms with van der Waals surface area (Å²) in [5.74, 6) is 0. The van der Waals surface area contributed by atoms with E-state index in [-0.39, 0.29) is 0 Å². The topological polar surface area (TPSA) is 25.8 Å². The molecule has 0 aliphatic carbocycles. The van der Waals surface area contributed by atoms with E-state index < -0.39 is 11.7 Å². The van der Waals surface area contributed by atoms with Gasteiger partial charge in [-0.25, -0.2) is 9.97 Å². The van der Waals surface area contributed by atoms with Gasteiger partial charge in [-0.1, -0.05) is 36.7 Å². The van der Waals surface area contributed by atoms with Crippen LogP contribution >= 0.6 is 11.6 Å². The van der Waals surface area contributed by atoms with Gasteiger partial charge >= 0.3 is 6.18 Å². The first-order chi connectivity index (χ1) is 9.91. The lowest BCUT2D eigenvalue weighted by Crippen LogP contribution is -2.06. The second kappa shape index (κ2) is 6.43. The third-order valence-corrected chi connectivity index (χ3v) is 3.61. The summed E-state index contributed by atoms with van der Waals surface area (Å²) in [5.41, 5.74) is 1.40. The van der Waals surface area contributed by atoms with E-state index in [1.165, 1.54) is 12.4 Å². The van der Waals surface area contributed by atoms with Crippen LogP contribution < -0.4 is 0 Å². The van der Waals surface area contributed by atoms with Gasteiger partial charge in [0.2, 0.25) is 0 Å². The number of hydrogen-bond acceptors (Lipinski definition) is 2. The van der Waals surface area contributed by atoms with Crippen molar-refractivity contribution >= 4 is 11.6 Å². The van der Waals surface area contributed by atoms with E-state index in [1.54, 1.807) is 6.07 Å². The van der Waals surface area contributed by atoms with Crippen molar-refractivity contribution in [3.63, 3.8) is 0 Å². The van der Waals surface area contributed by atoms with E-state index in [0.717, 1.165) is 17.8 Å². The number of alkyl halides is 3. The van der Waals surface area contributed by atoms with E-state index in [2.05, 4.69) is 9.97 Å². The first-order valence-electron chi connectivity index (χ1n) is 6.56. The maximum atomic E-state index is 12.7. The van der Waals surface area contributed by atoms with Crippen LogP contribution in [0.1, 0.15) is 29.4 Å². The molecular formula is C15H14ClF3N2. The number of halogens is 4. The standard InChI is InChI=1S/C15H14ClF3N2/c1-2-12-14(16)13(21-9-20-12)7-6-10-4-3-5-11(8-10)15(17,18)19/h3-5,8-9H,2,6-7H2,1H3. The minimum absolute atomic E-state index is 0.448. The zero-order valence-electron chi connectivity index (χ0n) is 11.4. The molecule has 2 rings (SSSR count). The first kappa shape index (κ1) is 15.8. The molecule has 6 heteroatoms. The highest BCUT2D eigenvalue weighted by molar-refractivity contribution is 6.31. The molecule has 1 aromatic heterocycles. The molecule has 21 heavy (non-hydrogen) atoms. The monoisotopic (exact) mass is 314 g/mol. The molecule has 2 aromatic rings. The van der Waals surface area contributed by atoms with E-state index in [0.29, 0.717) is 35.5 Å². The largest absolute Gasteiger partial charge is 0.416 e. The molecule has 0 saturated heterocycles. The summed E-state index contributed by atoms with van der Waals surface area (Å²) in [4.78, 5) is 8.17. The van der Waals surface area contributed by atoms with Crippen molar-refractivity contribution in [3.05, 3.63) is 58.1 Å². The van der Waals surface area contributed by atoms with Gasteiger partial charge in [0.15, 0.2) is 0 Å². The summed E-state index contributed by atoms with van der Waals surface area (Å²) >= 11 is 6.17. The highest BCUT2D eigenvalue weighted by atomic mass is 35.5. The molecule has 0 aliphatic rings. The molecule has 0 radical (unpaired) electrons.